The van der Waals surface area contributed by atoms with Gasteiger partial charge in [-0.25, -0.2) is 24.1 Å². The Labute approximate surface area is 217 Å². The number of rotatable bonds is 6. The van der Waals surface area contributed by atoms with Crippen LogP contribution in [0.25, 0.3) is 32.6 Å². The molecule has 1 saturated heterocycles. The van der Waals surface area contributed by atoms with Crippen molar-refractivity contribution in [2.24, 2.45) is 0 Å². The fourth-order valence-electron chi connectivity index (χ4n) is 4.02. The van der Waals surface area contributed by atoms with Gasteiger partial charge in [0, 0.05) is 47.9 Å². The molecule has 3 aromatic heterocycles. The van der Waals surface area contributed by atoms with Gasteiger partial charge < -0.3 is 16.0 Å². The Kier molecular flexibility index (Phi) is 8.24. The van der Waals surface area contributed by atoms with Gasteiger partial charge in [-0.1, -0.05) is 17.4 Å². The highest BCUT2D eigenvalue weighted by Gasteiger charge is 2.21. The van der Waals surface area contributed by atoms with Crippen LogP contribution in [-0.4, -0.2) is 51.6 Å². The second kappa shape index (κ2) is 11.5. The first-order valence-corrected chi connectivity index (χ1v) is 12.3. The van der Waals surface area contributed by atoms with Crippen LogP contribution < -0.4 is 21.3 Å². The third kappa shape index (κ3) is 5.53. The molecule has 0 saturated carbocycles. The molecule has 1 fully saturated rings. The summed E-state index contributed by atoms with van der Waals surface area (Å²) in [5.74, 6) is 0.0247. The summed E-state index contributed by atoms with van der Waals surface area (Å²) in [6.07, 6.45) is 6.91. The molecule has 0 unspecified atom stereocenters. The summed E-state index contributed by atoms with van der Waals surface area (Å²) < 4.78 is 16.3. The predicted molar refractivity (Wildman–Crippen MR) is 143 cm³/mol. The highest BCUT2D eigenvalue weighted by molar-refractivity contribution is 7.22. The highest BCUT2D eigenvalue weighted by atomic mass is 35.5. The molecular weight excluding hydrogens is 503 g/mol. The van der Waals surface area contributed by atoms with Gasteiger partial charge in [0.05, 0.1) is 10.4 Å². The Morgan fingerprint density at radius 1 is 1.17 bits per heavy atom. The lowest BCUT2D eigenvalue weighted by molar-refractivity contribution is 0.252. The van der Waals surface area contributed by atoms with E-state index in [4.69, 9.17) is 0 Å². The summed E-state index contributed by atoms with van der Waals surface area (Å²) in [6, 6.07) is 7.22. The van der Waals surface area contributed by atoms with E-state index in [9.17, 15) is 4.79 Å². The standard InChI is InChI=1S/C24H25FN8OS.ClH/c1-2-27-23(34)33-24-32-20-19(25)16(11-17(21(20)35-24)18-5-3-4-8-28-18)14-12-29-22(30-13-14)31-15-6-9-26-10-7-15;/h3-5,8,11-13,15,26H,2,6-7,9-10H2,1H3,(H,29,30,31)(H2,27,32,33,34);1H. The van der Waals surface area contributed by atoms with Crippen molar-refractivity contribution in [3.63, 3.8) is 0 Å². The third-order valence-corrected chi connectivity index (χ3v) is 6.74. The van der Waals surface area contributed by atoms with Gasteiger partial charge in [-0.2, -0.15) is 0 Å². The smallest absolute Gasteiger partial charge is 0.321 e. The fourth-order valence-corrected chi connectivity index (χ4v) is 5.00. The van der Waals surface area contributed by atoms with Crippen LogP contribution in [0.3, 0.4) is 0 Å². The van der Waals surface area contributed by atoms with Gasteiger partial charge in [0.15, 0.2) is 10.9 Å². The number of urea groups is 1. The normalized spacial score (nSPS) is 13.7. The first-order chi connectivity index (χ1) is 17.1. The second-order valence-corrected chi connectivity index (χ2v) is 9.14. The van der Waals surface area contributed by atoms with E-state index in [0.717, 1.165) is 31.5 Å². The van der Waals surface area contributed by atoms with E-state index in [1.54, 1.807) is 24.7 Å². The number of nitrogens with one attached hydrogen (secondary N) is 4. The Morgan fingerprint density at radius 2 is 1.94 bits per heavy atom. The maximum atomic E-state index is 15.7. The van der Waals surface area contributed by atoms with E-state index in [0.29, 0.717) is 45.2 Å². The SMILES string of the molecule is CCNC(=O)Nc1nc2c(F)c(-c3cnc(NC4CCNCC4)nc3)cc(-c3ccccn3)c2s1.Cl. The van der Waals surface area contributed by atoms with E-state index < -0.39 is 11.8 Å². The molecule has 1 aromatic carbocycles. The van der Waals surface area contributed by atoms with Gasteiger partial charge in [-0.15, -0.1) is 12.4 Å². The predicted octanol–water partition coefficient (Wildman–Crippen LogP) is 4.68. The zero-order valence-electron chi connectivity index (χ0n) is 19.5. The molecule has 4 aromatic rings. The molecule has 0 bridgehead atoms. The summed E-state index contributed by atoms with van der Waals surface area (Å²) in [4.78, 5) is 29.7. The summed E-state index contributed by atoms with van der Waals surface area (Å²) in [5, 5.41) is 12.3. The number of carbonyl (C=O) groups excluding carboxylic acids is 1. The number of hydrogen-bond acceptors (Lipinski definition) is 8. The van der Waals surface area contributed by atoms with Crippen molar-refractivity contribution in [2.45, 2.75) is 25.8 Å². The maximum absolute atomic E-state index is 15.7. The molecule has 1 aliphatic heterocycles. The van der Waals surface area contributed by atoms with Crippen LogP contribution in [0.4, 0.5) is 20.3 Å². The number of fused-ring (bicyclic) bond motifs is 1. The molecule has 188 valence electrons. The molecule has 2 amide bonds. The number of aromatic nitrogens is 4. The molecule has 0 aliphatic carbocycles. The monoisotopic (exact) mass is 528 g/mol. The lowest BCUT2D eigenvalue weighted by Crippen LogP contribution is -2.35. The fraction of sp³-hybridized carbons (Fsp3) is 0.292. The molecular formula is C24H26ClFN8OS. The molecule has 4 N–H and O–H groups in total. The van der Waals surface area contributed by atoms with Crippen LogP contribution in [0.1, 0.15) is 19.8 Å². The quantitative estimate of drug-likeness (QED) is 0.287. The Hall–Kier alpha value is -3.41. The molecule has 4 heterocycles. The maximum Gasteiger partial charge on any atom is 0.321 e. The molecule has 36 heavy (non-hydrogen) atoms. The number of pyridine rings is 1. The molecule has 0 spiro atoms. The number of benzene rings is 1. The van der Waals surface area contributed by atoms with Crippen molar-refractivity contribution in [1.82, 2.24) is 30.6 Å². The topological polar surface area (TPSA) is 117 Å². The summed E-state index contributed by atoms with van der Waals surface area (Å²) in [6.45, 7) is 4.21. The lowest BCUT2D eigenvalue weighted by Gasteiger charge is -2.23. The zero-order valence-corrected chi connectivity index (χ0v) is 21.2. The molecule has 12 heteroatoms. The van der Waals surface area contributed by atoms with Crippen LogP contribution in [0.2, 0.25) is 0 Å². The highest BCUT2D eigenvalue weighted by Crippen LogP contribution is 2.40. The molecule has 1 aliphatic rings. The van der Waals surface area contributed by atoms with E-state index in [1.165, 1.54) is 11.3 Å². The molecule has 5 rings (SSSR count). The Bertz CT molecular complexity index is 1330. The zero-order chi connectivity index (χ0) is 24.2. The second-order valence-electron chi connectivity index (χ2n) is 8.15. The van der Waals surface area contributed by atoms with Crippen molar-refractivity contribution in [3.8, 4) is 22.4 Å². The summed E-state index contributed by atoms with van der Waals surface area (Å²) in [5.41, 5.74) is 2.41. The first-order valence-electron chi connectivity index (χ1n) is 11.5. The van der Waals surface area contributed by atoms with Crippen molar-refractivity contribution >= 4 is 51.1 Å². The van der Waals surface area contributed by atoms with E-state index in [1.807, 2.05) is 25.1 Å². The Morgan fingerprint density at radius 3 is 2.64 bits per heavy atom. The number of hydrogen-bond donors (Lipinski definition) is 4. The number of carbonyl (C=O) groups is 1. The van der Waals surface area contributed by atoms with E-state index >= 15 is 4.39 Å². The number of thiazole rings is 1. The minimum absolute atomic E-state index is 0. The number of nitrogens with zero attached hydrogens (tertiary/aromatic N) is 4. The van der Waals surface area contributed by atoms with Gasteiger partial charge in [0.25, 0.3) is 0 Å². The Balaban J connectivity index is 0.00000304. The van der Waals surface area contributed by atoms with Crippen molar-refractivity contribution in [1.29, 1.82) is 0 Å². The van der Waals surface area contributed by atoms with Gasteiger partial charge in [0.1, 0.15) is 5.52 Å². The van der Waals surface area contributed by atoms with Crippen molar-refractivity contribution in [3.05, 3.63) is 48.7 Å². The van der Waals surface area contributed by atoms with Gasteiger partial charge in [-0.3, -0.25) is 10.3 Å². The van der Waals surface area contributed by atoms with Gasteiger partial charge in [0.2, 0.25) is 5.95 Å². The van der Waals surface area contributed by atoms with Gasteiger partial charge in [-0.05, 0) is 51.1 Å². The van der Waals surface area contributed by atoms with Crippen LogP contribution in [0.5, 0.6) is 0 Å². The molecule has 0 radical (unpaired) electrons. The largest absolute Gasteiger partial charge is 0.351 e. The lowest BCUT2D eigenvalue weighted by atomic mass is 10.0. The van der Waals surface area contributed by atoms with Crippen LogP contribution in [0.15, 0.2) is 42.9 Å². The number of halogens is 2. The summed E-state index contributed by atoms with van der Waals surface area (Å²) in [7, 11) is 0. The number of amides is 2. The minimum Gasteiger partial charge on any atom is -0.351 e. The number of anilines is 2. The van der Waals surface area contributed by atoms with Gasteiger partial charge >= 0.3 is 6.03 Å². The van der Waals surface area contributed by atoms with Crippen LogP contribution in [0, 0.1) is 5.82 Å². The third-order valence-electron chi connectivity index (χ3n) is 5.74. The average Bonchev–Trinajstić information content (AvgIpc) is 3.30. The van der Waals surface area contributed by atoms with E-state index in [2.05, 4.69) is 41.2 Å². The minimum atomic E-state index is -0.498. The average molecular weight is 529 g/mol. The molecule has 9 nitrogen and oxygen atoms in total. The van der Waals surface area contributed by atoms with Crippen LogP contribution >= 0.6 is 23.7 Å². The van der Waals surface area contributed by atoms with Crippen molar-refractivity contribution < 1.29 is 9.18 Å². The van der Waals surface area contributed by atoms with Crippen molar-refractivity contribution in [2.75, 3.05) is 30.3 Å². The number of piperidine rings is 1. The van der Waals surface area contributed by atoms with Crippen LogP contribution in [-0.2, 0) is 0 Å². The molecule has 0 atom stereocenters. The summed E-state index contributed by atoms with van der Waals surface area (Å²) >= 11 is 1.20. The first kappa shape index (κ1) is 25.7. The van der Waals surface area contributed by atoms with E-state index in [-0.39, 0.29) is 17.9 Å².